The first-order valence-corrected chi connectivity index (χ1v) is 12.4. The molecule has 7 rings (SSSR count). The van der Waals surface area contributed by atoms with Crippen molar-refractivity contribution in [3.8, 4) is 11.3 Å². The Morgan fingerprint density at radius 1 is 0.694 bits per heavy atom. The lowest BCUT2D eigenvalue weighted by molar-refractivity contribution is 0.358. The molecule has 0 bridgehead atoms. The molecule has 4 radical (unpaired) electrons. The maximum absolute atomic E-state index is 6.60. The van der Waals surface area contributed by atoms with Crippen LogP contribution in [0, 0.1) is 5.41 Å². The van der Waals surface area contributed by atoms with Gasteiger partial charge in [-0.1, -0.05) is 86.1 Å². The fourth-order valence-corrected chi connectivity index (χ4v) is 5.69. The van der Waals surface area contributed by atoms with Gasteiger partial charge in [0.15, 0.2) is 0 Å². The maximum atomic E-state index is 6.60. The molecular weight excluding hydrogens is 434 g/mol. The van der Waals surface area contributed by atoms with Crippen LogP contribution in [0.5, 0.6) is 0 Å². The van der Waals surface area contributed by atoms with Crippen molar-refractivity contribution in [3.63, 3.8) is 0 Å². The Balaban J connectivity index is 1.52. The van der Waals surface area contributed by atoms with Crippen molar-refractivity contribution >= 4 is 64.6 Å². The molecule has 0 atom stereocenters. The summed E-state index contributed by atoms with van der Waals surface area (Å²) in [5.74, 6) is 0. The van der Waals surface area contributed by atoms with Crippen LogP contribution in [-0.2, 0) is 5.21 Å². The number of aromatic nitrogens is 2. The smallest absolute Gasteiger partial charge is 0.0704 e. The molecule has 0 spiro atoms. The predicted molar refractivity (Wildman–Crippen MR) is 154 cm³/mol. The molecule has 0 aliphatic heterocycles. The molecule has 36 heavy (non-hydrogen) atoms. The highest BCUT2D eigenvalue weighted by Crippen LogP contribution is 2.42. The van der Waals surface area contributed by atoms with Crippen LogP contribution >= 0.6 is 0 Å². The Bertz CT molecular complexity index is 1960. The molecule has 3 heterocycles. The Morgan fingerprint density at radius 3 is 2.28 bits per heavy atom. The monoisotopic (exact) mass is 458 g/mol. The minimum absolute atomic E-state index is 0.301. The SMILES string of the molecule is [B]C([B])(c1ccnc(-c2ccc3ccc4c(c3c2)c2cccc3c5ccccc5n4c32)c1)C(C)(C)C. The number of para-hydroxylation sites is 2. The maximum Gasteiger partial charge on any atom is 0.0704 e. The van der Waals surface area contributed by atoms with E-state index in [0.717, 1.165) is 16.8 Å². The molecule has 0 aliphatic carbocycles. The van der Waals surface area contributed by atoms with Crippen molar-refractivity contribution in [3.05, 3.63) is 96.7 Å². The van der Waals surface area contributed by atoms with E-state index in [1.165, 1.54) is 48.9 Å². The van der Waals surface area contributed by atoms with E-state index in [2.05, 4.69) is 98.0 Å². The van der Waals surface area contributed by atoms with Crippen LogP contribution in [0.4, 0.5) is 0 Å². The number of benzene rings is 4. The van der Waals surface area contributed by atoms with Gasteiger partial charge in [0.2, 0.25) is 0 Å². The van der Waals surface area contributed by atoms with E-state index in [0.29, 0.717) is 0 Å². The molecule has 7 aromatic rings. The van der Waals surface area contributed by atoms with Crippen molar-refractivity contribution in [2.24, 2.45) is 5.41 Å². The minimum atomic E-state index is -0.969. The summed E-state index contributed by atoms with van der Waals surface area (Å²) in [4.78, 5) is 4.70. The fourth-order valence-electron chi connectivity index (χ4n) is 5.69. The molecule has 0 aliphatic rings. The third-order valence-corrected chi connectivity index (χ3v) is 7.98. The van der Waals surface area contributed by atoms with Crippen LogP contribution in [0.2, 0.25) is 0 Å². The summed E-state index contributed by atoms with van der Waals surface area (Å²) in [6.45, 7) is 6.18. The van der Waals surface area contributed by atoms with Crippen LogP contribution in [-0.4, -0.2) is 25.1 Å². The number of rotatable bonds is 2. The first-order chi connectivity index (χ1) is 17.3. The topological polar surface area (TPSA) is 17.3 Å². The zero-order valence-electron chi connectivity index (χ0n) is 20.7. The van der Waals surface area contributed by atoms with E-state index in [-0.39, 0.29) is 5.41 Å². The number of fused-ring (bicyclic) bond motifs is 8. The largest absolute Gasteiger partial charge is 0.308 e. The summed E-state index contributed by atoms with van der Waals surface area (Å²) < 4.78 is 2.42. The molecule has 0 saturated carbocycles. The third-order valence-electron chi connectivity index (χ3n) is 7.98. The van der Waals surface area contributed by atoms with Crippen LogP contribution in [0.1, 0.15) is 26.3 Å². The first-order valence-electron chi connectivity index (χ1n) is 12.4. The van der Waals surface area contributed by atoms with Gasteiger partial charge in [0, 0.05) is 33.3 Å². The van der Waals surface area contributed by atoms with Gasteiger partial charge in [-0.3, -0.25) is 4.98 Å². The second-order valence-electron chi connectivity index (χ2n) is 11.0. The molecule has 0 amide bonds. The lowest BCUT2D eigenvalue weighted by Gasteiger charge is -2.40. The van der Waals surface area contributed by atoms with Gasteiger partial charge in [0.05, 0.1) is 37.9 Å². The van der Waals surface area contributed by atoms with Gasteiger partial charge in [-0.2, -0.15) is 0 Å². The van der Waals surface area contributed by atoms with Crippen molar-refractivity contribution in [1.29, 1.82) is 0 Å². The summed E-state index contributed by atoms with van der Waals surface area (Å²) in [5.41, 5.74) is 6.26. The number of pyridine rings is 1. The van der Waals surface area contributed by atoms with E-state index >= 15 is 0 Å². The van der Waals surface area contributed by atoms with Crippen molar-refractivity contribution in [1.82, 2.24) is 9.38 Å². The van der Waals surface area contributed by atoms with Gasteiger partial charge in [-0.25, -0.2) is 0 Å². The number of nitrogens with zero attached hydrogens (tertiary/aromatic N) is 2. The van der Waals surface area contributed by atoms with Crippen molar-refractivity contribution in [2.45, 2.75) is 26.0 Å². The van der Waals surface area contributed by atoms with E-state index in [9.17, 15) is 0 Å². The van der Waals surface area contributed by atoms with Crippen molar-refractivity contribution in [2.75, 3.05) is 0 Å². The molecule has 0 unspecified atom stereocenters. The van der Waals surface area contributed by atoms with E-state index in [1.807, 2.05) is 18.3 Å². The third kappa shape index (κ3) is 2.79. The summed E-state index contributed by atoms with van der Waals surface area (Å²) in [7, 11) is 13.2. The highest BCUT2D eigenvalue weighted by molar-refractivity contribution is 6.40. The summed E-state index contributed by atoms with van der Waals surface area (Å²) in [6, 6.07) is 30.3. The van der Waals surface area contributed by atoms with Gasteiger partial charge in [0.1, 0.15) is 0 Å². The normalized spacial score (nSPS) is 13.1. The highest BCUT2D eigenvalue weighted by atomic mass is 14.9. The second-order valence-corrected chi connectivity index (χ2v) is 11.0. The van der Waals surface area contributed by atoms with E-state index in [1.54, 1.807) is 0 Å². The van der Waals surface area contributed by atoms with E-state index in [4.69, 9.17) is 20.7 Å². The highest BCUT2D eigenvalue weighted by Gasteiger charge is 2.33. The molecule has 0 N–H and O–H groups in total. The minimum Gasteiger partial charge on any atom is -0.308 e. The van der Waals surface area contributed by atoms with Crippen LogP contribution in [0.15, 0.2) is 91.1 Å². The second kappa shape index (κ2) is 7.13. The van der Waals surface area contributed by atoms with Gasteiger partial charge in [0.25, 0.3) is 0 Å². The fraction of sp³-hybridized carbons (Fsp3) is 0.156. The average Bonchev–Trinajstić information content (AvgIpc) is 3.40. The molecule has 3 aromatic heterocycles. The zero-order chi connectivity index (χ0) is 24.8. The average molecular weight is 458 g/mol. The van der Waals surface area contributed by atoms with Crippen LogP contribution in [0.25, 0.3) is 60.1 Å². The zero-order valence-corrected chi connectivity index (χ0v) is 20.7. The molecule has 4 heteroatoms. The van der Waals surface area contributed by atoms with Crippen LogP contribution in [0.3, 0.4) is 0 Å². The molecule has 0 fully saturated rings. The lowest BCUT2D eigenvalue weighted by Crippen LogP contribution is -2.41. The Hall–Kier alpha value is -3.78. The summed E-state index contributed by atoms with van der Waals surface area (Å²) >= 11 is 0. The summed E-state index contributed by atoms with van der Waals surface area (Å²) in [5, 5.41) is 6.60. The Morgan fingerprint density at radius 2 is 1.44 bits per heavy atom. The molecule has 0 saturated heterocycles. The predicted octanol–water partition coefficient (Wildman–Crippen LogP) is 7.59. The van der Waals surface area contributed by atoms with Crippen LogP contribution < -0.4 is 0 Å². The lowest BCUT2D eigenvalue weighted by atomic mass is 9.41. The van der Waals surface area contributed by atoms with Crippen molar-refractivity contribution < 1.29 is 0 Å². The van der Waals surface area contributed by atoms with E-state index < -0.39 is 5.21 Å². The van der Waals surface area contributed by atoms with Gasteiger partial charge in [-0.15, -0.1) is 0 Å². The Kier molecular flexibility index (Phi) is 4.26. The Labute approximate surface area is 213 Å². The number of hydrogen-bond acceptors (Lipinski definition) is 1. The molecule has 4 aromatic carbocycles. The van der Waals surface area contributed by atoms with Gasteiger partial charge < -0.3 is 4.40 Å². The first kappa shape index (κ1) is 21.5. The standard InChI is InChI=1S/C32H24B2N2/c1-31(2,3)32(33,34)21-15-16-35-26(18-21)20-12-11-19-13-14-28-29(25(19)17-20)24-9-6-8-23-22-7-4-5-10-27(22)36(28)30(23)24/h4-18H,1-3H3. The quantitative estimate of drug-likeness (QED) is 0.244. The molecule has 2 nitrogen and oxygen atoms in total. The van der Waals surface area contributed by atoms with Gasteiger partial charge >= 0.3 is 0 Å². The van der Waals surface area contributed by atoms with Gasteiger partial charge in [-0.05, 0) is 46.5 Å². The summed E-state index contributed by atoms with van der Waals surface area (Å²) in [6.07, 6.45) is 1.81. The molecule has 168 valence electrons. The molecular formula is C32H24B2N2. The number of hydrogen-bond donors (Lipinski definition) is 0.